The Morgan fingerprint density at radius 3 is 2.41 bits per heavy atom. The number of benzene rings is 3. The van der Waals surface area contributed by atoms with Gasteiger partial charge in [-0.15, -0.1) is 0 Å². The number of para-hydroxylation sites is 1. The fraction of sp³-hybridized carbons (Fsp3) is 0.364. The highest BCUT2D eigenvalue weighted by atomic mass is 16.7. The Kier molecular flexibility index (Phi) is 8.28. The standard InChI is InChI=1S/C33H38N4O4/c1-5-10-30-35-27-18-17-25(34-31(38)36-19-8-9-20-36)21-28(27)37(30)22-23-13-15-24(16-14-23)26-11-6-7-12-29(26)40-32(39)41-33(2,3)4/h6-7,11-18,21H,5,8-10,19-20,22H2,1-4H3,(H,34,38). The van der Waals surface area contributed by atoms with Crippen molar-refractivity contribution < 1.29 is 19.1 Å². The van der Waals surface area contributed by atoms with Gasteiger partial charge >= 0.3 is 12.2 Å². The summed E-state index contributed by atoms with van der Waals surface area (Å²) in [6, 6.07) is 21.6. The van der Waals surface area contributed by atoms with Gasteiger partial charge in [0.2, 0.25) is 0 Å². The van der Waals surface area contributed by atoms with Crippen molar-refractivity contribution in [3.05, 3.63) is 78.1 Å². The quantitative estimate of drug-likeness (QED) is 0.187. The van der Waals surface area contributed by atoms with E-state index in [-0.39, 0.29) is 6.03 Å². The molecule has 0 atom stereocenters. The van der Waals surface area contributed by atoms with Crippen LogP contribution in [0.1, 0.15) is 58.3 Å². The van der Waals surface area contributed by atoms with E-state index < -0.39 is 11.8 Å². The molecule has 8 nitrogen and oxygen atoms in total. The van der Waals surface area contributed by atoms with Crippen LogP contribution >= 0.6 is 0 Å². The van der Waals surface area contributed by atoms with Gasteiger partial charge in [0.05, 0.1) is 11.0 Å². The molecule has 3 aromatic carbocycles. The Bertz CT molecular complexity index is 1530. The number of likely N-dealkylation sites (tertiary alicyclic amines) is 1. The minimum Gasteiger partial charge on any atom is -0.428 e. The SMILES string of the molecule is CCCc1nc2ccc(NC(=O)N3CCCC3)cc2n1Cc1ccc(-c2ccccc2OC(=O)OC(C)(C)C)cc1. The third kappa shape index (κ3) is 6.88. The molecule has 0 spiro atoms. The molecule has 1 aromatic heterocycles. The summed E-state index contributed by atoms with van der Waals surface area (Å²) in [7, 11) is 0. The number of amides is 2. The Hall–Kier alpha value is -4.33. The van der Waals surface area contributed by atoms with Crippen molar-refractivity contribution in [1.29, 1.82) is 0 Å². The average molecular weight is 555 g/mol. The molecular weight excluding hydrogens is 516 g/mol. The van der Waals surface area contributed by atoms with Crippen LogP contribution in [0.15, 0.2) is 66.7 Å². The second kappa shape index (κ2) is 12.0. The van der Waals surface area contributed by atoms with Crippen molar-refractivity contribution >= 4 is 28.9 Å². The summed E-state index contributed by atoms with van der Waals surface area (Å²) in [6.45, 7) is 9.82. The van der Waals surface area contributed by atoms with Crippen LogP contribution in [0.2, 0.25) is 0 Å². The van der Waals surface area contributed by atoms with Gasteiger partial charge in [-0.2, -0.15) is 0 Å². The molecule has 8 heteroatoms. The van der Waals surface area contributed by atoms with Crippen LogP contribution in [-0.4, -0.2) is 45.3 Å². The number of hydrogen-bond donors (Lipinski definition) is 1. The number of carbonyl (C=O) groups is 2. The van der Waals surface area contributed by atoms with Gasteiger partial charge < -0.3 is 24.3 Å². The number of ether oxygens (including phenoxy) is 2. The van der Waals surface area contributed by atoms with Crippen molar-refractivity contribution in [2.24, 2.45) is 0 Å². The van der Waals surface area contributed by atoms with Crippen LogP contribution in [0.25, 0.3) is 22.2 Å². The minimum absolute atomic E-state index is 0.0479. The first kappa shape index (κ1) is 28.2. The van der Waals surface area contributed by atoms with E-state index in [0.717, 1.165) is 78.0 Å². The fourth-order valence-corrected chi connectivity index (χ4v) is 5.09. The zero-order chi connectivity index (χ0) is 29.0. The number of urea groups is 1. The number of imidazole rings is 1. The lowest BCUT2D eigenvalue weighted by Crippen LogP contribution is -2.32. The zero-order valence-corrected chi connectivity index (χ0v) is 24.3. The second-order valence-electron chi connectivity index (χ2n) is 11.5. The highest BCUT2D eigenvalue weighted by Gasteiger charge is 2.20. The van der Waals surface area contributed by atoms with E-state index >= 15 is 0 Å². The van der Waals surface area contributed by atoms with Gasteiger partial charge in [0.25, 0.3) is 0 Å². The first-order chi connectivity index (χ1) is 19.7. The lowest BCUT2D eigenvalue weighted by atomic mass is 10.0. The van der Waals surface area contributed by atoms with E-state index in [0.29, 0.717) is 12.3 Å². The van der Waals surface area contributed by atoms with Crippen LogP contribution in [0, 0.1) is 0 Å². The van der Waals surface area contributed by atoms with Crippen molar-refractivity contribution in [3.63, 3.8) is 0 Å². The molecule has 0 aliphatic carbocycles. The number of nitrogens with zero attached hydrogens (tertiary/aromatic N) is 3. The Balaban J connectivity index is 1.38. The second-order valence-corrected chi connectivity index (χ2v) is 11.5. The minimum atomic E-state index is -0.729. The zero-order valence-electron chi connectivity index (χ0n) is 24.3. The van der Waals surface area contributed by atoms with E-state index in [1.165, 1.54) is 0 Å². The monoisotopic (exact) mass is 554 g/mol. The highest BCUT2D eigenvalue weighted by molar-refractivity contribution is 5.92. The largest absolute Gasteiger partial charge is 0.514 e. The maximum absolute atomic E-state index is 12.7. The summed E-state index contributed by atoms with van der Waals surface area (Å²) in [5.41, 5.74) is 4.90. The summed E-state index contributed by atoms with van der Waals surface area (Å²) in [5.74, 6) is 1.47. The number of nitrogens with one attached hydrogen (secondary N) is 1. The summed E-state index contributed by atoms with van der Waals surface area (Å²) >= 11 is 0. The molecule has 1 saturated heterocycles. The topological polar surface area (TPSA) is 85.7 Å². The molecule has 0 unspecified atom stereocenters. The number of carbonyl (C=O) groups excluding carboxylic acids is 2. The van der Waals surface area contributed by atoms with E-state index in [2.05, 4.69) is 28.9 Å². The van der Waals surface area contributed by atoms with E-state index in [1.54, 1.807) is 26.8 Å². The van der Waals surface area contributed by atoms with E-state index in [4.69, 9.17) is 14.5 Å². The van der Waals surface area contributed by atoms with Gasteiger partial charge in [0.1, 0.15) is 17.2 Å². The van der Waals surface area contributed by atoms with Gasteiger partial charge in [-0.25, -0.2) is 14.6 Å². The molecule has 41 heavy (non-hydrogen) atoms. The number of rotatable bonds is 7. The molecule has 2 amide bonds. The van der Waals surface area contributed by atoms with Gasteiger partial charge in [0, 0.05) is 37.3 Å². The normalized spacial score (nSPS) is 13.4. The number of fused-ring (bicyclic) bond motifs is 1. The van der Waals surface area contributed by atoms with Crippen LogP contribution in [-0.2, 0) is 17.7 Å². The third-order valence-electron chi connectivity index (χ3n) is 7.02. The highest BCUT2D eigenvalue weighted by Crippen LogP contribution is 2.31. The van der Waals surface area contributed by atoms with E-state index in [9.17, 15) is 9.59 Å². The molecule has 1 aliphatic rings. The molecule has 2 heterocycles. The van der Waals surface area contributed by atoms with Gasteiger partial charge in [-0.05, 0) is 75.4 Å². The maximum Gasteiger partial charge on any atom is 0.514 e. The molecule has 1 N–H and O–H groups in total. The predicted octanol–water partition coefficient (Wildman–Crippen LogP) is 7.65. The number of aryl methyl sites for hydroxylation is 1. The summed E-state index contributed by atoms with van der Waals surface area (Å²) in [6.07, 6.45) is 3.22. The Morgan fingerprint density at radius 1 is 0.976 bits per heavy atom. The molecule has 0 saturated carbocycles. The summed E-state index contributed by atoms with van der Waals surface area (Å²) < 4.78 is 13.1. The van der Waals surface area contributed by atoms with Crippen LogP contribution in [0.4, 0.5) is 15.3 Å². The number of hydrogen-bond acceptors (Lipinski definition) is 5. The predicted molar refractivity (Wildman–Crippen MR) is 161 cm³/mol. The van der Waals surface area contributed by atoms with Gasteiger partial charge in [0.15, 0.2) is 0 Å². The van der Waals surface area contributed by atoms with E-state index in [1.807, 2.05) is 53.4 Å². The molecule has 0 radical (unpaired) electrons. The Labute approximate surface area is 241 Å². The Morgan fingerprint density at radius 2 is 1.71 bits per heavy atom. The van der Waals surface area contributed by atoms with Crippen molar-refractivity contribution in [2.75, 3.05) is 18.4 Å². The lowest BCUT2D eigenvalue weighted by molar-refractivity contribution is 0.0207. The van der Waals surface area contributed by atoms with Crippen LogP contribution in [0.3, 0.4) is 0 Å². The molecule has 4 aromatic rings. The molecular formula is C33H38N4O4. The smallest absolute Gasteiger partial charge is 0.428 e. The van der Waals surface area contributed by atoms with Gasteiger partial charge in [-0.3, -0.25) is 0 Å². The van der Waals surface area contributed by atoms with Crippen molar-refractivity contribution in [3.8, 4) is 16.9 Å². The summed E-state index contributed by atoms with van der Waals surface area (Å²) in [5, 5.41) is 3.07. The number of aromatic nitrogens is 2. The first-order valence-corrected chi connectivity index (χ1v) is 14.3. The molecule has 5 rings (SSSR count). The third-order valence-corrected chi connectivity index (χ3v) is 7.02. The van der Waals surface area contributed by atoms with Crippen molar-refractivity contribution in [2.45, 2.75) is 65.5 Å². The first-order valence-electron chi connectivity index (χ1n) is 14.3. The van der Waals surface area contributed by atoms with Gasteiger partial charge in [-0.1, -0.05) is 49.4 Å². The fourth-order valence-electron chi connectivity index (χ4n) is 5.09. The van der Waals surface area contributed by atoms with Crippen LogP contribution < -0.4 is 10.1 Å². The molecule has 1 aliphatic heterocycles. The lowest BCUT2D eigenvalue weighted by Gasteiger charge is -2.19. The summed E-state index contributed by atoms with van der Waals surface area (Å²) in [4.78, 5) is 31.8. The van der Waals surface area contributed by atoms with Crippen LogP contribution in [0.5, 0.6) is 5.75 Å². The average Bonchev–Trinajstić information content (AvgIpc) is 3.58. The number of anilines is 1. The van der Waals surface area contributed by atoms with Crippen molar-refractivity contribution in [1.82, 2.24) is 14.5 Å². The maximum atomic E-state index is 12.7. The molecule has 0 bridgehead atoms. The molecule has 1 fully saturated rings. The molecule has 214 valence electrons.